The predicted molar refractivity (Wildman–Crippen MR) is 113 cm³/mol. The number of nitrogens with zero attached hydrogens (tertiary/aromatic N) is 1. The lowest BCUT2D eigenvalue weighted by molar-refractivity contribution is -0.120. The lowest BCUT2D eigenvalue weighted by atomic mass is 9.79. The number of carbonyl (C=O) groups is 3. The summed E-state index contributed by atoms with van der Waals surface area (Å²) >= 11 is 0. The molecule has 1 aromatic heterocycles. The van der Waals surface area contributed by atoms with Crippen LogP contribution in [0, 0.1) is 0 Å². The van der Waals surface area contributed by atoms with Crippen LogP contribution in [0.25, 0.3) is 0 Å². The van der Waals surface area contributed by atoms with Gasteiger partial charge < -0.3 is 16.0 Å². The van der Waals surface area contributed by atoms with Crippen molar-refractivity contribution >= 4 is 23.5 Å². The van der Waals surface area contributed by atoms with Gasteiger partial charge in [0.05, 0.1) is 11.8 Å². The first-order chi connectivity index (χ1) is 15.0. The van der Waals surface area contributed by atoms with E-state index in [4.69, 9.17) is 0 Å². The lowest BCUT2D eigenvalue weighted by Crippen LogP contribution is -2.35. The molecule has 7 nitrogen and oxygen atoms in total. The summed E-state index contributed by atoms with van der Waals surface area (Å²) in [5.41, 5.74) is 5.72. The summed E-state index contributed by atoms with van der Waals surface area (Å²) in [6, 6.07) is 9.49. The number of amides is 3. The zero-order valence-corrected chi connectivity index (χ0v) is 16.7. The number of benzene rings is 1. The topological polar surface area (TPSA) is 100 Å². The maximum absolute atomic E-state index is 12.9. The van der Waals surface area contributed by atoms with Crippen LogP contribution in [0.15, 0.2) is 59.6 Å². The Bertz CT molecular complexity index is 1260. The number of hydrogen-bond donors (Lipinski definition) is 3. The summed E-state index contributed by atoms with van der Waals surface area (Å²) in [6.45, 7) is 0. The Hall–Kier alpha value is -3.74. The van der Waals surface area contributed by atoms with E-state index in [2.05, 4.69) is 20.9 Å². The fraction of sp³-hybridized carbons (Fsp3) is 0.250. The van der Waals surface area contributed by atoms with Crippen LogP contribution >= 0.6 is 0 Å². The van der Waals surface area contributed by atoms with Gasteiger partial charge in [-0.25, -0.2) is 4.98 Å². The van der Waals surface area contributed by atoms with E-state index in [0.29, 0.717) is 37.1 Å². The van der Waals surface area contributed by atoms with Gasteiger partial charge in [-0.2, -0.15) is 0 Å². The fourth-order valence-electron chi connectivity index (χ4n) is 5.20. The standard InChI is InChI=1S/C24H20N4O3/c29-20-10-15-9-17(5-6-19(15)27-20)26-22(30)13-3-4-14-11-24(12-16(14)8-13)18-2-1-7-25-21(18)28-23(24)31/h1-4,7-9H,5-6,10-12H2,(H,26,30)(H,27,29)(H,25,28,31). The van der Waals surface area contributed by atoms with Gasteiger partial charge in [0.1, 0.15) is 5.82 Å². The van der Waals surface area contributed by atoms with Gasteiger partial charge in [-0.1, -0.05) is 12.1 Å². The third kappa shape index (κ3) is 2.73. The SMILES string of the molecule is O=C1CC2=C(CCC(NC(=O)c3ccc4c(c3)CC3(C4)C(=O)Nc4ncccc43)=C2)N1. The maximum atomic E-state index is 12.9. The maximum Gasteiger partial charge on any atom is 0.255 e. The van der Waals surface area contributed by atoms with Crippen LogP contribution in [-0.4, -0.2) is 22.7 Å². The number of fused-ring (bicyclic) bond motifs is 3. The molecule has 0 saturated carbocycles. The molecule has 6 rings (SSSR count). The van der Waals surface area contributed by atoms with E-state index in [1.165, 1.54) is 0 Å². The van der Waals surface area contributed by atoms with Gasteiger partial charge in [0.25, 0.3) is 5.91 Å². The second-order valence-corrected chi connectivity index (χ2v) is 8.63. The van der Waals surface area contributed by atoms with Crippen molar-refractivity contribution in [3.05, 3.63) is 81.8 Å². The molecule has 2 aliphatic carbocycles. The molecule has 2 aromatic rings. The molecule has 1 unspecified atom stereocenters. The van der Waals surface area contributed by atoms with Gasteiger partial charge in [0, 0.05) is 28.7 Å². The largest absolute Gasteiger partial charge is 0.329 e. The van der Waals surface area contributed by atoms with Crippen molar-refractivity contribution in [2.75, 3.05) is 5.32 Å². The molecule has 3 N–H and O–H groups in total. The minimum atomic E-state index is -0.641. The van der Waals surface area contributed by atoms with Crippen molar-refractivity contribution in [1.29, 1.82) is 0 Å². The zero-order valence-electron chi connectivity index (χ0n) is 16.7. The normalized spacial score (nSPS) is 23.2. The summed E-state index contributed by atoms with van der Waals surface area (Å²) in [5, 5.41) is 8.78. The van der Waals surface area contributed by atoms with Crippen molar-refractivity contribution < 1.29 is 14.4 Å². The number of aromatic nitrogens is 1. The average Bonchev–Trinajstić information content (AvgIpc) is 3.40. The Kier molecular flexibility index (Phi) is 3.72. The fourth-order valence-corrected chi connectivity index (χ4v) is 5.20. The Morgan fingerprint density at radius 3 is 2.84 bits per heavy atom. The van der Waals surface area contributed by atoms with E-state index in [1.807, 2.05) is 36.4 Å². The quantitative estimate of drug-likeness (QED) is 0.704. The molecule has 0 bridgehead atoms. The predicted octanol–water partition coefficient (Wildman–Crippen LogP) is 2.25. The van der Waals surface area contributed by atoms with Crippen molar-refractivity contribution in [1.82, 2.24) is 15.6 Å². The molecular weight excluding hydrogens is 392 g/mol. The highest BCUT2D eigenvalue weighted by atomic mass is 16.2. The van der Waals surface area contributed by atoms with Gasteiger partial charge in [0.2, 0.25) is 11.8 Å². The van der Waals surface area contributed by atoms with E-state index >= 15 is 0 Å². The molecular formula is C24H20N4O3. The molecule has 4 aliphatic rings. The van der Waals surface area contributed by atoms with Gasteiger partial charge in [0.15, 0.2) is 0 Å². The molecule has 0 saturated heterocycles. The van der Waals surface area contributed by atoms with E-state index in [1.54, 1.807) is 6.20 Å². The zero-order chi connectivity index (χ0) is 21.2. The van der Waals surface area contributed by atoms with E-state index in [9.17, 15) is 14.4 Å². The molecule has 154 valence electrons. The first-order valence-corrected chi connectivity index (χ1v) is 10.4. The minimum Gasteiger partial charge on any atom is -0.329 e. The summed E-state index contributed by atoms with van der Waals surface area (Å²) in [4.78, 5) is 41.6. The van der Waals surface area contributed by atoms with Crippen LogP contribution in [0.2, 0.25) is 0 Å². The van der Waals surface area contributed by atoms with Crippen molar-refractivity contribution in [2.45, 2.75) is 37.5 Å². The summed E-state index contributed by atoms with van der Waals surface area (Å²) < 4.78 is 0. The van der Waals surface area contributed by atoms with Crippen LogP contribution < -0.4 is 16.0 Å². The van der Waals surface area contributed by atoms with Gasteiger partial charge in [-0.3, -0.25) is 14.4 Å². The number of pyridine rings is 1. The molecule has 2 aliphatic heterocycles. The third-order valence-electron chi connectivity index (χ3n) is 6.74. The van der Waals surface area contributed by atoms with Gasteiger partial charge in [-0.15, -0.1) is 0 Å². The third-order valence-corrected chi connectivity index (χ3v) is 6.74. The Balaban J connectivity index is 1.24. The molecule has 1 spiro atoms. The smallest absolute Gasteiger partial charge is 0.255 e. The molecule has 1 atom stereocenters. The number of carbonyl (C=O) groups excluding carboxylic acids is 3. The lowest BCUT2D eigenvalue weighted by Gasteiger charge is -2.20. The van der Waals surface area contributed by atoms with Crippen LogP contribution in [0.5, 0.6) is 0 Å². The van der Waals surface area contributed by atoms with E-state index in [0.717, 1.165) is 40.1 Å². The van der Waals surface area contributed by atoms with Crippen LogP contribution in [-0.2, 0) is 27.8 Å². The second-order valence-electron chi connectivity index (χ2n) is 8.63. The van der Waals surface area contributed by atoms with Crippen molar-refractivity contribution in [3.63, 3.8) is 0 Å². The minimum absolute atomic E-state index is 0.00843. The number of hydrogen-bond acceptors (Lipinski definition) is 4. The first kappa shape index (κ1) is 18.1. The summed E-state index contributed by atoms with van der Waals surface area (Å²) in [6.07, 6.45) is 6.53. The molecule has 3 heterocycles. The average molecular weight is 412 g/mol. The first-order valence-electron chi connectivity index (χ1n) is 10.4. The summed E-state index contributed by atoms with van der Waals surface area (Å²) in [7, 11) is 0. The molecule has 0 fully saturated rings. The highest BCUT2D eigenvalue weighted by molar-refractivity contribution is 6.06. The van der Waals surface area contributed by atoms with Crippen molar-refractivity contribution in [3.8, 4) is 0 Å². The van der Waals surface area contributed by atoms with Gasteiger partial charge >= 0.3 is 0 Å². The molecule has 7 heteroatoms. The van der Waals surface area contributed by atoms with Crippen LogP contribution in [0.4, 0.5) is 5.82 Å². The number of anilines is 1. The molecule has 3 amide bonds. The van der Waals surface area contributed by atoms with Crippen LogP contribution in [0.3, 0.4) is 0 Å². The summed E-state index contributed by atoms with van der Waals surface area (Å²) in [5.74, 6) is 0.444. The van der Waals surface area contributed by atoms with Crippen LogP contribution in [0.1, 0.15) is 46.3 Å². The highest BCUT2D eigenvalue weighted by Gasteiger charge is 2.51. The molecule has 0 radical (unpaired) electrons. The Morgan fingerprint density at radius 1 is 1.06 bits per heavy atom. The molecule has 1 aromatic carbocycles. The second kappa shape index (κ2) is 6.38. The number of rotatable bonds is 2. The highest BCUT2D eigenvalue weighted by Crippen LogP contribution is 2.46. The van der Waals surface area contributed by atoms with E-state index in [-0.39, 0.29) is 17.7 Å². The number of allylic oxidation sites excluding steroid dienone is 3. The Morgan fingerprint density at radius 2 is 1.94 bits per heavy atom. The van der Waals surface area contributed by atoms with E-state index < -0.39 is 5.41 Å². The Labute approximate surface area is 178 Å². The monoisotopic (exact) mass is 412 g/mol. The molecule has 31 heavy (non-hydrogen) atoms. The van der Waals surface area contributed by atoms with Crippen molar-refractivity contribution in [2.24, 2.45) is 0 Å². The number of nitrogens with one attached hydrogen (secondary N) is 3. The van der Waals surface area contributed by atoms with Gasteiger partial charge in [-0.05, 0) is 66.7 Å².